The molecule has 1 amide bonds. The third kappa shape index (κ3) is 5.17. The average Bonchev–Trinajstić information content (AvgIpc) is 2.37. The fraction of sp³-hybridized carbons (Fsp3) is 0.333. The first-order valence-electron chi connectivity index (χ1n) is 5.72. The third-order valence-corrected chi connectivity index (χ3v) is 2.44. The first kappa shape index (κ1) is 15.8. The number of oxime groups is 1. The monoisotopic (exact) mass is 289 g/mol. The second kappa shape index (κ2) is 6.78. The number of amidine groups is 1. The maximum Gasteiger partial charge on any atom is 0.397 e. The van der Waals surface area contributed by atoms with Crippen molar-refractivity contribution in [1.29, 1.82) is 0 Å². The van der Waals surface area contributed by atoms with E-state index >= 15 is 0 Å². The van der Waals surface area contributed by atoms with Crippen molar-refractivity contribution in [3.8, 4) is 0 Å². The normalized spacial score (nSPS) is 12.2. The van der Waals surface area contributed by atoms with E-state index < -0.39 is 18.5 Å². The van der Waals surface area contributed by atoms with Crippen LogP contribution in [0.4, 0.5) is 18.9 Å². The molecule has 0 fully saturated rings. The van der Waals surface area contributed by atoms with Crippen molar-refractivity contribution >= 4 is 17.4 Å². The van der Waals surface area contributed by atoms with Gasteiger partial charge in [-0.3, -0.25) is 4.79 Å². The molecule has 8 heteroatoms. The molecule has 110 valence electrons. The van der Waals surface area contributed by atoms with Gasteiger partial charge in [-0.25, -0.2) is 0 Å². The Morgan fingerprint density at radius 1 is 1.30 bits per heavy atom. The molecule has 0 aliphatic rings. The average molecular weight is 289 g/mol. The van der Waals surface area contributed by atoms with Crippen molar-refractivity contribution in [3.05, 3.63) is 30.3 Å². The zero-order chi connectivity index (χ0) is 15.2. The molecule has 0 radical (unpaired) electrons. The Kier molecular flexibility index (Phi) is 5.36. The maximum atomic E-state index is 12.3. The zero-order valence-corrected chi connectivity index (χ0v) is 10.5. The van der Waals surface area contributed by atoms with E-state index in [9.17, 15) is 18.0 Å². The first-order chi connectivity index (χ1) is 9.33. The van der Waals surface area contributed by atoms with Gasteiger partial charge in [0.1, 0.15) is 12.3 Å². The Bertz CT molecular complexity index is 475. The van der Waals surface area contributed by atoms with Crippen molar-refractivity contribution in [2.24, 2.45) is 10.9 Å². The molecule has 3 N–H and O–H groups in total. The van der Waals surface area contributed by atoms with Crippen LogP contribution in [0, 0.1) is 0 Å². The summed E-state index contributed by atoms with van der Waals surface area (Å²) in [5.41, 5.74) is 5.59. The minimum atomic E-state index is -4.58. The SMILES string of the molecule is N/C(CCN(C(=O)CC(F)(F)F)c1ccccc1)=N/O. The van der Waals surface area contributed by atoms with Crippen molar-refractivity contribution in [1.82, 2.24) is 0 Å². The van der Waals surface area contributed by atoms with Crippen molar-refractivity contribution in [2.45, 2.75) is 19.0 Å². The van der Waals surface area contributed by atoms with E-state index in [-0.39, 0.29) is 18.8 Å². The summed E-state index contributed by atoms with van der Waals surface area (Å²) in [6.45, 7) is -0.102. The van der Waals surface area contributed by atoms with Crippen LogP contribution in [-0.2, 0) is 4.79 Å². The zero-order valence-electron chi connectivity index (χ0n) is 10.5. The number of nitrogens with zero attached hydrogens (tertiary/aromatic N) is 2. The smallest absolute Gasteiger partial charge is 0.397 e. The highest BCUT2D eigenvalue weighted by atomic mass is 19.4. The molecule has 0 aliphatic carbocycles. The highest BCUT2D eigenvalue weighted by molar-refractivity contribution is 5.94. The molecule has 0 aromatic heterocycles. The van der Waals surface area contributed by atoms with E-state index in [1.165, 1.54) is 12.1 Å². The quantitative estimate of drug-likeness (QED) is 0.377. The van der Waals surface area contributed by atoms with E-state index in [1.807, 2.05) is 0 Å². The van der Waals surface area contributed by atoms with Gasteiger partial charge < -0.3 is 15.8 Å². The highest BCUT2D eigenvalue weighted by Crippen LogP contribution is 2.23. The lowest BCUT2D eigenvalue weighted by Gasteiger charge is -2.23. The number of halogens is 3. The van der Waals surface area contributed by atoms with Crippen LogP contribution in [0.25, 0.3) is 0 Å². The van der Waals surface area contributed by atoms with E-state index in [1.54, 1.807) is 18.2 Å². The molecule has 1 aromatic carbocycles. The summed E-state index contributed by atoms with van der Waals surface area (Å²) in [4.78, 5) is 12.7. The van der Waals surface area contributed by atoms with Gasteiger partial charge in [0.2, 0.25) is 5.91 Å². The molecular weight excluding hydrogens is 275 g/mol. The minimum absolute atomic E-state index is 0.0327. The van der Waals surface area contributed by atoms with Crippen LogP contribution < -0.4 is 10.6 Å². The Morgan fingerprint density at radius 3 is 2.40 bits per heavy atom. The fourth-order valence-corrected chi connectivity index (χ4v) is 1.55. The van der Waals surface area contributed by atoms with Gasteiger partial charge in [-0.2, -0.15) is 13.2 Å². The summed E-state index contributed by atoms with van der Waals surface area (Å²) in [5, 5.41) is 11.1. The second-order valence-corrected chi connectivity index (χ2v) is 4.01. The molecule has 5 nitrogen and oxygen atoms in total. The predicted molar refractivity (Wildman–Crippen MR) is 67.5 cm³/mol. The number of hydrogen-bond acceptors (Lipinski definition) is 3. The van der Waals surface area contributed by atoms with Crippen molar-refractivity contribution in [3.63, 3.8) is 0 Å². The second-order valence-electron chi connectivity index (χ2n) is 4.01. The number of alkyl halides is 3. The summed E-state index contributed by atoms with van der Waals surface area (Å²) < 4.78 is 36.9. The number of nitrogens with two attached hydrogens (primary N) is 1. The number of carbonyl (C=O) groups is 1. The van der Waals surface area contributed by atoms with E-state index in [0.29, 0.717) is 5.69 Å². The van der Waals surface area contributed by atoms with E-state index in [2.05, 4.69) is 5.16 Å². The van der Waals surface area contributed by atoms with Crippen LogP contribution in [0.3, 0.4) is 0 Å². The van der Waals surface area contributed by atoms with Crippen molar-refractivity contribution in [2.75, 3.05) is 11.4 Å². The number of amides is 1. The number of hydrogen-bond donors (Lipinski definition) is 2. The summed E-state index contributed by atoms with van der Waals surface area (Å²) in [6.07, 6.45) is -6.17. The molecule has 1 rings (SSSR count). The van der Waals surface area contributed by atoms with Gasteiger partial charge in [-0.1, -0.05) is 23.4 Å². The van der Waals surface area contributed by atoms with Crippen LogP contribution in [-0.4, -0.2) is 29.7 Å². The molecule has 0 heterocycles. The first-order valence-corrected chi connectivity index (χ1v) is 5.72. The van der Waals surface area contributed by atoms with Gasteiger partial charge in [0, 0.05) is 18.7 Å². The lowest BCUT2D eigenvalue weighted by molar-refractivity contribution is -0.151. The predicted octanol–water partition coefficient (Wildman–Crippen LogP) is 2.11. The molecule has 0 bridgehead atoms. The Morgan fingerprint density at radius 2 is 1.90 bits per heavy atom. The number of benzene rings is 1. The molecule has 0 atom stereocenters. The standard InChI is InChI=1S/C12H14F3N3O2/c13-12(14,15)8-11(19)18(7-6-10(16)17-20)9-4-2-1-3-5-9/h1-5,20H,6-8H2,(H2,16,17). The topological polar surface area (TPSA) is 78.9 Å². The Hall–Kier alpha value is -2.25. The van der Waals surface area contributed by atoms with Gasteiger partial charge in [-0.15, -0.1) is 0 Å². The summed E-state index contributed by atoms with van der Waals surface area (Å²) >= 11 is 0. The molecule has 0 spiro atoms. The lowest BCUT2D eigenvalue weighted by Crippen LogP contribution is -2.36. The summed E-state index contributed by atoms with van der Waals surface area (Å²) in [5.74, 6) is -1.25. The summed E-state index contributed by atoms with van der Waals surface area (Å²) in [7, 11) is 0. The minimum Gasteiger partial charge on any atom is -0.409 e. The van der Waals surface area contributed by atoms with Gasteiger partial charge >= 0.3 is 6.18 Å². The lowest BCUT2D eigenvalue weighted by atomic mass is 10.2. The van der Waals surface area contributed by atoms with E-state index in [4.69, 9.17) is 10.9 Å². The summed E-state index contributed by atoms with van der Waals surface area (Å²) in [6, 6.07) is 7.92. The molecule has 20 heavy (non-hydrogen) atoms. The van der Waals surface area contributed by atoms with Crippen molar-refractivity contribution < 1.29 is 23.2 Å². The van der Waals surface area contributed by atoms with E-state index in [0.717, 1.165) is 4.90 Å². The fourth-order valence-electron chi connectivity index (χ4n) is 1.55. The number of anilines is 1. The van der Waals surface area contributed by atoms with Gasteiger partial charge in [0.15, 0.2) is 0 Å². The molecular formula is C12H14F3N3O2. The van der Waals surface area contributed by atoms with Gasteiger partial charge in [0.25, 0.3) is 0 Å². The number of para-hydroxylation sites is 1. The Balaban J connectivity index is 2.87. The largest absolute Gasteiger partial charge is 0.409 e. The van der Waals surface area contributed by atoms with Crippen LogP contribution in [0.15, 0.2) is 35.5 Å². The van der Waals surface area contributed by atoms with Crippen LogP contribution in [0.5, 0.6) is 0 Å². The maximum absolute atomic E-state index is 12.3. The number of rotatable bonds is 5. The number of carbonyl (C=O) groups excluding carboxylic acids is 1. The molecule has 0 unspecified atom stereocenters. The molecule has 0 saturated heterocycles. The van der Waals surface area contributed by atoms with Crippen LogP contribution in [0.2, 0.25) is 0 Å². The Labute approximate surface area is 113 Å². The van der Waals surface area contributed by atoms with Gasteiger partial charge in [0.05, 0.1) is 0 Å². The molecule has 0 saturated carbocycles. The molecule has 0 aliphatic heterocycles. The highest BCUT2D eigenvalue weighted by Gasteiger charge is 2.33. The van der Waals surface area contributed by atoms with Gasteiger partial charge in [-0.05, 0) is 12.1 Å². The van der Waals surface area contributed by atoms with Crippen LogP contribution >= 0.6 is 0 Å². The molecule has 1 aromatic rings. The third-order valence-electron chi connectivity index (χ3n) is 2.44. The van der Waals surface area contributed by atoms with Crippen LogP contribution in [0.1, 0.15) is 12.8 Å².